The van der Waals surface area contributed by atoms with E-state index in [2.05, 4.69) is 20.3 Å². The summed E-state index contributed by atoms with van der Waals surface area (Å²) in [7, 11) is 0. The van der Waals surface area contributed by atoms with Crippen LogP contribution in [0.4, 0.5) is 0 Å². The van der Waals surface area contributed by atoms with Crippen LogP contribution in [0.25, 0.3) is 11.4 Å². The molecule has 2 aromatic rings. The number of pyridine rings is 1. The Labute approximate surface area is 139 Å². The van der Waals surface area contributed by atoms with Crippen molar-refractivity contribution < 1.29 is 14.7 Å². The molecule has 3 rings (SSSR count). The highest BCUT2D eigenvalue weighted by atomic mass is 16.4. The van der Waals surface area contributed by atoms with Gasteiger partial charge in [-0.1, -0.05) is 0 Å². The Morgan fingerprint density at radius 3 is 2.38 bits per heavy atom. The summed E-state index contributed by atoms with van der Waals surface area (Å²) < 4.78 is 0. The van der Waals surface area contributed by atoms with Crippen molar-refractivity contribution in [1.29, 1.82) is 0 Å². The molecule has 0 bridgehead atoms. The molecule has 0 spiro atoms. The highest BCUT2D eigenvalue weighted by Gasteiger charge is 2.26. The van der Waals surface area contributed by atoms with Gasteiger partial charge in [-0.05, 0) is 37.8 Å². The van der Waals surface area contributed by atoms with Crippen LogP contribution in [0.1, 0.15) is 36.0 Å². The largest absolute Gasteiger partial charge is 0.481 e. The molecule has 1 aliphatic carbocycles. The number of carbonyl (C=O) groups is 2. The number of hydrogen-bond donors (Lipinski definition) is 2. The second kappa shape index (κ2) is 7.16. The molecule has 7 nitrogen and oxygen atoms in total. The van der Waals surface area contributed by atoms with Crippen molar-refractivity contribution in [3.8, 4) is 11.4 Å². The Kier molecular flexibility index (Phi) is 4.79. The number of rotatable bonds is 4. The predicted molar refractivity (Wildman–Crippen MR) is 86.1 cm³/mol. The molecule has 2 N–H and O–H groups in total. The van der Waals surface area contributed by atoms with Crippen molar-refractivity contribution >= 4 is 11.9 Å². The zero-order chi connectivity index (χ0) is 16.9. The van der Waals surface area contributed by atoms with E-state index >= 15 is 0 Å². The second-order valence-corrected chi connectivity index (χ2v) is 5.90. The first kappa shape index (κ1) is 16.0. The number of carboxylic acid groups (broad SMARTS) is 1. The molecular formula is C17H18N4O3. The van der Waals surface area contributed by atoms with Gasteiger partial charge in [0.15, 0.2) is 5.82 Å². The number of nitrogens with one attached hydrogen (secondary N) is 1. The number of hydrogen-bond acceptors (Lipinski definition) is 5. The van der Waals surface area contributed by atoms with Gasteiger partial charge in [0.2, 0.25) is 0 Å². The zero-order valence-corrected chi connectivity index (χ0v) is 13.1. The molecule has 1 amide bonds. The first-order valence-corrected chi connectivity index (χ1v) is 7.89. The Hall–Kier alpha value is -2.83. The molecule has 0 radical (unpaired) electrons. The van der Waals surface area contributed by atoms with Crippen molar-refractivity contribution in [2.45, 2.75) is 31.7 Å². The molecule has 0 aliphatic heterocycles. The first-order chi connectivity index (χ1) is 11.6. The first-order valence-electron chi connectivity index (χ1n) is 7.89. The van der Waals surface area contributed by atoms with Gasteiger partial charge in [0.05, 0.1) is 11.5 Å². The van der Waals surface area contributed by atoms with Crippen molar-refractivity contribution in [3.05, 3.63) is 42.5 Å². The quantitative estimate of drug-likeness (QED) is 0.889. The Balaban J connectivity index is 1.59. The van der Waals surface area contributed by atoms with Crippen molar-refractivity contribution in [2.75, 3.05) is 0 Å². The molecular weight excluding hydrogens is 308 g/mol. The Bertz CT molecular complexity index is 710. The third-order valence-corrected chi connectivity index (χ3v) is 4.25. The molecule has 0 atom stereocenters. The smallest absolute Gasteiger partial charge is 0.306 e. The number of nitrogens with zero attached hydrogens (tertiary/aromatic N) is 3. The SMILES string of the molecule is O=C(NC1CCC(C(=O)O)CC1)c1cnc(-c2cccnc2)nc1. The van der Waals surface area contributed by atoms with E-state index in [0.29, 0.717) is 37.1 Å². The van der Waals surface area contributed by atoms with Crippen LogP contribution in [0.2, 0.25) is 0 Å². The van der Waals surface area contributed by atoms with Crippen LogP contribution in [0.5, 0.6) is 0 Å². The fourth-order valence-electron chi connectivity index (χ4n) is 2.84. The summed E-state index contributed by atoms with van der Waals surface area (Å²) in [4.78, 5) is 35.6. The maximum absolute atomic E-state index is 12.3. The average molecular weight is 326 g/mol. The zero-order valence-electron chi connectivity index (χ0n) is 13.1. The van der Waals surface area contributed by atoms with Gasteiger partial charge in [0.1, 0.15) is 0 Å². The van der Waals surface area contributed by atoms with Gasteiger partial charge in [0.25, 0.3) is 5.91 Å². The lowest BCUT2D eigenvalue weighted by Crippen LogP contribution is -2.38. The van der Waals surface area contributed by atoms with Gasteiger partial charge in [0, 0.05) is 36.4 Å². The summed E-state index contributed by atoms with van der Waals surface area (Å²) in [6.45, 7) is 0. The third-order valence-electron chi connectivity index (χ3n) is 4.25. The topological polar surface area (TPSA) is 105 Å². The number of amides is 1. The maximum Gasteiger partial charge on any atom is 0.306 e. The van der Waals surface area contributed by atoms with Crippen LogP contribution in [0.15, 0.2) is 36.9 Å². The molecule has 0 aromatic carbocycles. The highest BCUT2D eigenvalue weighted by Crippen LogP contribution is 2.24. The van der Waals surface area contributed by atoms with Crippen molar-refractivity contribution in [3.63, 3.8) is 0 Å². The molecule has 2 aromatic heterocycles. The van der Waals surface area contributed by atoms with Crippen LogP contribution in [-0.2, 0) is 4.79 Å². The summed E-state index contributed by atoms with van der Waals surface area (Å²) in [6, 6.07) is 3.65. The summed E-state index contributed by atoms with van der Waals surface area (Å²) >= 11 is 0. The minimum absolute atomic E-state index is 0.00565. The van der Waals surface area contributed by atoms with E-state index in [9.17, 15) is 9.59 Å². The average Bonchev–Trinajstić information content (AvgIpc) is 2.63. The lowest BCUT2D eigenvalue weighted by atomic mass is 9.86. The van der Waals surface area contributed by atoms with E-state index in [1.54, 1.807) is 18.5 Å². The summed E-state index contributed by atoms with van der Waals surface area (Å²) in [6.07, 6.45) is 8.86. The summed E-state index contributed by atoms with van der Waals surface area (Å²) in [5.74, 6) is -0.757. The van der Waals surface area contributed by atoms with Gasteiger partial charge in [-0.25, -0.2) is 9.97 Å². The Morgan fingerprint density at radius 1 is 1.08 bits per heavy atom. The van der Waals surface area contributed by atoms with Crippen molar-refractivity contribution in [2.24, 2.45) is 5.92 Å². The monoisotopic (exact) mass is 326 g/mol. The summed E-state index contributed by atoms with van der Waals surface area (Å²) in [5.41, 5.74) is 1.18. The molecule has 1 saturated carbocycles. The number of aromatic nitrogens is 3. The van der Waals surface area contributed by atoms with Crippen LogP contribution in [-0.4, -0.2) is 38.0 Å². The van der Waals surface area contributed by atoms with Crippen LogP contribution >= 0.6 is 0 Å². The van der Waals surface area contributed by atoms with E-state index in [1.807, 2.05) is 6.07 Å². The molecule has 0 unspecified atom stereocenters. The number of aliphatic carboxylic acids is 1. The van der Waals surface area contributed by atoms with E-state index < -0.39 is 5.97 Å². The molecule has 7 heteroatoms. The van der Waals surface area contributed by atoms with Gasteiger partial charge in [-0.3, -0.25) is 14.6 Å². The molecule has 2 heterocycles. The van der Waals surface area contributed by atoms with Crippen LogP contribution < -0.4 is 5.32 Å². The van der Waals surface area contributed by atoms with Crippen LogP contribution in [0.3, 0.4) is 0 Å². The predicted octanol–water partition coefficient (Wildman–Crippen LogP) is 1.91. The van der Waals surface area contributed by atoms with Gasteiger partial charge >= 0.3 is 5.97 Å². The summed E-state index contributed by atoms with van der Waals surface area (Å²) in [5, 5.41) is 11.9. The van der Waals surface area contributed by atoms with E-state index in [-0.39, 0.29) is 17.9 Å². The fourth-order valence-corrected chi connectivity index (χ4v) is 2.84. The third kappa shape index (κ3) is 3.73. The molecule has 124 valence electrons. The van der Waals surface area contributed by atoms with Gasteiger partial charge < -0.3 is 10.4 Å². The molecule has 1 fully saturated rings. The number of carbonyl (C=O) groups excluding carboxylic acids is 1. The fraction of sp³-hybridized carbons (Fsp3) is 0.353. The van der Waals surface area contributed by atoms with Crippen molar-refractivity contribution in [1.82, 2.24) is 20.3 Å². The maximum atomic E-state index is 12.3. The van der Waals surface area contributed by atoms with Gasteiger partial charge in [-0.2, -0.15) is 0 Å². The molecule has 1 aliphatic rings. The number of carboxylic acids is 1. The normalized spacial score (nSPS) is 20.3. The minimum Gasteiger partial charge on any atom is -0.481 e. The van der Waals surface area contributed by atoms with E-state index in [0.717, 1.165) is 5.56 Å². The van der Waals surface area contributed by atoms with Gasteiger partial charge in [-0.15, -0.1) is 0 Å². The lowest BCUT2D eigenvalue weighted by Gasteiger charge is -2.26. The highest BCUT2D eigenvalue weighted by molar-refractivity contribution is 5.93. The molecule has 24 heavy (non-hydrogen) atoms. The molecule has 0 saturated heterocycles. The van der Waals surface area contributed by atoms with Crippen LogP contribution in [0, 0.1) is 5.92 Å². The second-order valence-electron chi connectivity index (χ2n) is 5.90. The van der Waals surface area contributed by atoms with E-state index in [1.165, 1.54) is 12.4 Å². The minimum atomic E-state index is -0.751. The standard InChI is InChI=1S/C17H18N4O3/c22-16(21-14-5-3-11(4-6-14)17(23)24)13-9-19-15(20-10-13)12-2-1-7-18-8-12/h1-2,7-11,14H,3-6H2,(H,21,22)(H,23,24). The van der Waals surface area contributed by atoms with E-state index in [4.69, 9.17) is 5.11 Å². The Morgan fingerprint density at radius 2 is 1.79 bits per heavy atom. The lowest BCUT2D eigenvalue weighted by molar-refractivity contribution is -0.142.